The number of rotatable bonds is 3. The number of carbonyl (C=O) groups excluding carboxylic acids is 1. The van der Waals surface area contributed by atoms with Crippen LogP contribution in [0.25, 0.3) is 0 Å². The SMILES string of the molecule is CC(CCl)C(=O)NC1(C#N)CCSC1. The van der Waals surface area contributed by atoms with Gasteiger partial charge in [-0.15, -0.1) is 11.6 Å². The second-order valence-corrected chi connectivity index (χ2v) is 4.95. The van der Waals surface area contributed by atoms with Crippen molar-refractivity contribution in [1.29, 1.82) is 5.26 Å². The Hall–Kier alpha value is -0.400. The van der Waals surface area contributed by atoms with E-state index >= 15 is 0 Å². The molecule has 14 heavy (non-hydrogen) atoms. The van der Waals surface area contributed by atoms with E-state index in [1.807, 2.05) is 0 Å². The van der Waals surface area contributed by atoms with Crippen LogP contribution in [0, 0.1) is 17.2 Å². The van der Waals surface area contributed by atoms with E-state index in [2.05, 4.69) is 11.4 Å². The topological polar surface area (TPSA) is 52.9 Å². The Kier molecular flexibility index (Phi) is 4.09. The van der Waals surface area contributed by atoms with E-state index in [4.69, 9.17) is 16.9 Å². The van der Waals surface area contributed by atoms with E-state index in [0.717, 1.165) is 12.2 Å². The van der Waals surface area contributed by atoms with Gasteiger partial charge >= 0.3 is 0 Å². The molecule has 0 aromatic heterocycles. The molecule has 3 nitrogen and oxygen atoms in total. The molecule has 1 fully saturated rings. The lowest BCUT2D eigenvalue weighted by atomic mass is 10.00. The third kappa shape index (κ3) is 2.55. The van der Waals surface area contributed by atoms with Crippen molar-refractivity contribution in [1.82, 2.24) is 5.32 Å². The molecular weight excluding hydrogens is 220 g/mol. The summed E-state index contributed by atoms with van der Waals surface area (Å²) < 4.78 is 0. The highest BCUT2D eigenvalue weighted by Gasteiger charge is 2.36. The molecule has 1 N–H and O–H groups in total. The number of halogens is 1. The van der Waals surface area contributed by atoms with E-state index in [9.17, 15) is 4.79 Å². The Morgan fingerprint density at radius 2 is 2.57 bits per heavy atom. The van der Waals surface area contributed by atoms with Crippen LogP contribution in [0.15, 0.2) is 0 Å². The van der Waals surface area contributed by atoms with E-state index in [1.165, 1.54) is 0 Å². The number of amides is 1. The minimum absolute atomic E-state index is 0.121. The molecule has 0 bridgehead atoms. The van der Waals surface area contributed by atoms with Crippen LogP contribution < -0.4 is 5.32 Å². The predicted octanol–water partition coefficient (Wildman–Crippen LogP) is 1.38. The van der Waals surface area contributed by atoms with Crippen molar-refractivity contribution in [2.75, 3.05) is 17.4 Å². The molecular formula is C9H13ClN2OS. The van der Waals surface area contributed by atoms with E-state index < -0.39 is 5.54 Å². The zero-order valence-corrected chi connectivity index (χ0v) is 9.62. The average Bonchev–Trinajstić information content (AvgIpc) is 2.65. The van der Waals surface area contributed by atoms with Crippen LogP contribution in [-0.2, 0) is 4.79 Å². The van der Waals surface area contributed by atoms with Crippen LogP contribution in [-0.4, -0.2) is 28.8 Å². The van der Waals surface area contributed by atoms with Gasteiger partial charge in [-0.3, -0.25) is 4.79 Å². The zero-order valence-electron chi connectivity index (χ0n) is 8.05. The van der Waals surface area contributed by atoms with Crippen molar-refractivity contribution in [3.8, 4) is 6.07 Å². The molecule has 0 aromatic carbocycles. The zero-order chi connectivity index (χ0) is 10.6. The number of hydrogen-bond acceptors (Lipinski definition) is 3. The average molecular weight is 233 g/mol. The fraction of sp³-hybridized carbons (Fsp3) is 0.778. The molecule has 1 heterocycles. The van der Waals surface area contributed by atoms with Crippen LogP contribution in [0.4, 0.5) is 0 Å². The van der Waals surface area contributed by atoms with E-state index in [1.54, 1.807) is 18.7 Å². The quantitative estimate of drug-likeness (QED) is 0.748. The summed E-state index contributed by atoms with van der Waals surface area (Å²) in [5.41, 5.74) is -0.651. The number of thioether (sulfide) groups is 1. The molecule has 1 rings (SSSR count). The van der Waals surface area contributed by atoms with Gasteiger partial charge in [0.25, 0.3) is 0 Å². The van der Waals surface area contributed by atoms with Crippen molar-refractivity contribution in [3.63, 3.8) is 0 Å². The second-order valence-electron chi connectivity index (χ2n) is 3.54. The summed E-state index contributed by atoms with van der Waals surface area (Å²) in [4.78, 5) is 11.5. The van der Waals surface area contributed by atoms with Gasteiger partial charge in [0.1, 0.15) is 5.54 Å². The Balaban J connectivity index is 2.57. The predicted molar refractivity (Wildman–Crippen MR) is 58.3 cm³/mol. The second kappa shape index (κ2) is 4.90. The highest BCUT2D eigenvalue weighted by atomic mass is 35.5. The fourth-order valence-corrected chi connectivity index (χ4v) is 2.62. The molecule has 0 spiro atoms. The number of hydrogen-bond donors (Lipinski definition) is 1. The Bertz CT molecular complexity index is 258. The van der Waals surface area contributed by atoms with Crippen LogP contribution in [0.3, 0.4) is 0 Å². The van der Waals surface area contributed by atoms with Gasteiger partial charge in [-0.05, 0) is 12.2 Å². The first-order valence-electron chi connectivity index (χ1n) is 4.50. The molecule has 5 heteroatoms. The minimum Gasteiger partial charge on any atom is -0.337 e. The standard InChI is InChI=1S/C9H13ClN2OS/c1-7(4-10)8(13)12-9(5-11)2-3-14-6-9/h7H,2-4,6H2,1H3,(H,12,13). The van der Waals surface area contributed by atoms with Crippen molar-refractivity contribution in [2.24, 2.45) is 5.92 Å². The van der Waals surface area contributed by atoms with Gasteiger partial charge in [0.05, 0.1) is 6.07 Å². The molecule has 0 saturated carbocycles. The first-order valence-corrected chi connectivity index (χ1v) is 6.19. The maximum absolute atomic E-state index is 11.5. The molecule has 1 amide bonds. The maximum Gasteiger partial charge on any atom is 0.225 e. The summed E-state index contributed by atoms with van der Waals surface area (Å²) in [5.74, 6) is 1.56. The minimum atomic E-state index is -0.651. The van der Waals surface area contributed by atoms with Crippen LogP contribution in [0.1, 0.15) is 13.3 Å². The van der Waals surface area contributed by atoms with Gasteiger partial charge in [0.15, 0.2) is 0 Å². The Morgan fingerprint density at radius 3 is 3.00 bits per heavy atom. The number of alkyl halides is 1. The first-order chi connectivity index (χ1) is 6.63. The van der Waals surface area contributed by atoms with Gasteiger partial charge in [0.2, 0.25) is 5.91 Å². The van der Waals surface area contributed by atoms with Crippen molar-refractivity contribution >= 4 is 29.3 Å². The molecule has 78 valence electrons. The van der Waals surface area contributed by atoms with Gasteiger partial charge in [0, 0.05) is 17.6 Å². The van der Waals surface area contributed by atoms with Crippen molar-refractivity contribution in [2.45, 2.75) is 18.9 Å². The molecule has 2 unspecified atom stereocenters. The summed E-state index contributed by atoms with van der Waals surface area (Å²) in [5, 5.41) is 11.8. The summed E-state index contributed by atoms with van der Waals surface area (Å²) in [6, 6.07) is 2.19. The van der Waals surface area contributed by atoms with Gasteiger partial charge < -0.3 is 5.32 Å². The van der Waals surface area contributed by atoms with E-state index in [-0.39, 0.29) is 11.8 Å². The summed E-state index contributed by atoms with van der Waals surface area (Å²) in [7, 11) is 0. The highest BCUT2D eigenvalue weighted by Crippen LogP contribution is 2.27. The smallest absolute Gasteiger partial charge is 0.225 e. The number of nitriles is 1. The molecule has 1 aliphatic rings. The molecule has 2 atom stereocenters. The molecule has 0 aromatic rings. The van der Waals surface area contributed by atoms with Crippen LogP contribution >= 0.6 is 23.4 Å². The van der Waals surface area contributed by atoms with Crippen molar-refractivity contribution < 1.29 is 4.79 Å². The summed E-state index contributed by atoms with van der Waals surface area (Å²) in [6.45, 7) is 1.76. The Labute approximate surface area is 93.2 Å². The molecule has 0 radical (unpaired) electrons. The summed E-state index contributed by atoms with van der Waals surface area (Å²) >= 11 is 7.27. The lowest BCUT2D eigenvalue weighted by Crippen LogP contribution is -2.49. The van der Waals surface area contributed by atoms with Crippen LogP contribution in [0.5, 0.6) is 0 Å². The number of carbonyl (C=O) groups is 1. The first kappa shape index (κ1) is 11.7. The van der Waals surface area contributed by atoms with Gasteiger partial charge in [-0.2, -0.15) is 17.0 Å². The lowest BCUT2D eigenvalue weighted by Gasteiger charge is -2.22. The van der Waals surface area contributed by atoms with Gasteiger partial charge in [-0.1, -0.05) is 6.92 Å². The normalized spacial score (nSPS) is 28.1. The van der Waals surface area contributed by atoms with Crippen molar-refractivity contribution in [3.05, 3.63) is 0 Å². The van der Waals surface area contributed by atoms with Crippen LogP contribution in [0.2, 0.25) is 0 Å². The largest absolute Gasteiger partial charge is 0.337 e. The third-order valence-corrected chi connectivity index (χ3v) is 3.93. The maximum atomic E-state index is 11.5. The third-order valence-electron chi connectivity index (χ3n) is 2.28. The Morgan fingerprint density at radius 1 is 1.86 bits per heavy atom. The lowest BCUT2D eigenvalue weighted by molar-refractivity contribution is -0.125. The molecule has 1 aliphatic heterocycles. The van der Waals surface area contributed by atoms with E-state index in [0.29, 0.717) is 11.6 Å². The highest BCUT2D eigenvalue weighted by molar-refractivity contribution is 7.99. The monoisotopic (exact) mass is 232 g/mol. The molecule has 1 saturated heterocycles. The van der Waals surface area contributed by atoms with Gasteiger partial charge in [-0.25, -0.2) is 0 Å². The molecule has 0 aliphatic carbocycles. The summed E-state index contributed by atoms with van der Waals surface area (Å²) in [6.07, 6.45) is 0.731. The number of nitrogens with zero attached hydrogens (tertiary/aromatic N) is 1. The number of nitrogens with one attached hydrogen (secondary N) is 1. The fourth-order valence-electron chi connectivity index (χ4n) is 1.21.